The Morgan fingerprint density at radius 1 is 0.871 bits per heavy atom. The molecule has 0 radical (unpaired) electrons. The number of carbonyl (C=O) groups is 1. The van der Waals surface area contributed by atoms with Crippen molar-refractivity contribution in [3.63, 3.8) is 0 Å². The summed E-state index contributed by atoms with van der Waals surface area (Å²) in [5, 5.41) is 2.34. The van der Waals surface area contributed by atoms with Crippen LogP contribution in [0.1, 0.15) is 27.8 Å². The van der Waals surface area contributed by atoms with Crippen molar-refractivity contribution in [1.82, 2.24) is 4.98 Å². The fraction of sp³-hybridized carbons (Fsp3) is 0.111. The number of hydrogen-bond acceptors (Lipinski definition) is 4. The monoisotopic (exact) mass is 401 g/mol. The van der Waals surface area contributed by atoms with Crippen LogP contribution in [0.5, 0.6) is 0 Å². The van der Waals surface area contributed by atoms with Crippen molar-refractivity contribution >= 4 is 33.7 Å². The number of rotatable bonds is 4. The molecule has 0 fully saturated rings. The van der Waals surface area contributed by atoms with Crippen molar-refractivity contribution in [3.8, 4) is 0 Å². The predicted octanol–water partition coefficient (Wildman–Crippen LogP) is 5.03. The third-order valence-electron chi connectivity index (χ3n) is 6.03. The first-order valence-electron chi connectivity index (χ1n) is 10.4. The van der Waals surface area contributed by atoms with Gasteiger partial charge in [0.05, 0.1) is 23.7 Å². The number of pyridine rings is 1. The highest BCUT2D eigenvalue weighted by Gasteiger charge is 2.25. The first-order chi connectivity index (χ1) is 15.2. The van der Waals surface area contributed by atoms with E-state index < -0.39 is 0 Å². The second-order valence-corrected chi connectivity index (χ2v) is 8.06. The molecule has 3 heterocycles. The number of nitrogens with zero attached hydrogens (tertiary/aromatic N) is 3. The van der Waals surface area contributed by atoms with Crippen molar-refractivity contribution < 1.29 is 4.79 Å². The largest absolute Gasteiger partial charge is 0.292 e. The average Bonchev–Trinajstić information content (AvgIpc) is 3.41. The number of benzene rings is 3. The van der Waals surface area contributed by atoms with E-state index in [1.807, 2.05) is 30.3 Å². The van der Waals surface area contributed by atoms with Crippen LogP contribution in [0.25, 0.3) is 10.8 Å². The fourth-order valence-electron chi connectivity index (χ4n) is 4.45. The number of ketones is 1. The van der Waals surface area contributed by atoms with Crippen molar-refractivity contribution in [3.05, 3.63) is 107 Å². The molecule has 2 aliphatic heterocycles. The molecule has 1 aromatic heterocycles. The summed E-state index contributed by atoms with van der Waals surface area (Å²) >= 11 is 0. The van der Waals surface area contributed by atoms with Gasteiger partial charge in [0.15, 0.2) is 5.78 Å². The Balaban J connectivity index is 1.27. The fourth-order valence-corrected chi connectivity index (χ4v) is 4.45. The number of aliphatic imine (C=N–C) groups is 2. The van der Waals surface area contributed by atoms with Gasteiger partial charge in [0.1, 0.15) is 0 Å². The standard InChI is InChI=1S/C27H19N3O/c31-26(12-17-5-6-18-3-1-2-4-20(18)11-17)25-14-21-13-22-16-29-27(19-7-9-28-10-8-19)23(22)15-24(21)30-25/h1-11,13,15H,12,14,16H2. The summed E-state index contributed by atoms with van der Waals surface area (Å²) in [6.07, 6.45) is 4.54. The highest BCUT2D eigenvalue weighted by Crippen LogP contribution is 2.34. The maximum atomic E-state index is 13.0. The van der Waals surface area contributed by atoms with E-state index in [0.29, 0.717) is 25.1 Å². The van der Waals surface area contributed by atoms with Crippen LogP contribution in [0.4, 0.5) is 5.69 Å². The lowest BCUT2D eigenvalue weighted by Crippen LogP contribution is -2.16. The van der Waals surface area contributed by atoms with Gasteiger partial charge in [-0.3, -0.25) is 14.8 Å². The zero-order valence-electron chi connectivity index (χ0n) is 16.9. The molecular weight excluding hydrogens is 382 g/mol. The molecule has 0 unspecified atom stereocenters. The minimum atomic E-state index is 0.0923. The molecule has 0 aliphatic carbocycles. The molecule has 148 valence electrons. The van der Waals surface area contributed by atoms with Crippen LogP contribution in [0.3, 0.4) is 0 Å². The molecule has 0 atom stereocenters. The first kappa shape index (κ1) is 17.9. The van der Waals surface area contributed by atoms with Crippen LogP contribution < -0.4 is 0 Å². The van der Waals surface area contributed by atoms with Crippen LogP contribution in [0, 0.1) is 0 Å². The Morgan fingerprint density at radius 3 is 2.58 bits per heavy atom. The maximum Gasteiger partial charge on any atom is 0.181 e. The first-order valence-corrected chi connectivity index (χ1v) is 10.4. The Kier molecular flexibility index (Phi) is 4.10. The number of hydrogen-bond donors (Lipinski definition) is 0. The summed E-state index contributed by atoms with van der Waals surface area (Å²) in [4.78, 5) is 26.5. The molecule has 2 aliphatic rings. The van der Waals surface area contributed by atoms with E-state index in [9.17, 15) is 4.79 Å². The zero-order chi connectivity index (χ0) is 20.8. The van der Waals surface area contributed by atoms with Gasteiger partial charge in [-0.05, 0) is 45.7 Å². The van der Waals surface area contributed by atoms with Crippen LogP contribution in [0.15, 0.2) is 89.1 Å². The van der Waals surface area contributed by atoms with Crippen molar-refractivity contribution in [2.45, 2.75) is 19.4 Å². The minimum Gasteiger partial charge on any atom is -0.292 e. The smallest absolute Gasteiger partial charge is 0.181 e. The van der Waals surface area contributed by atoms with Gasteiger partial charge in [-0.15, -0.1) is 0 Å². The van der Waals surface area contributed by atoms with E-state index in [4.69, 9.17) is 9.98 Å². The highest BCUT2D eigenvalue weighted by atomic mass is 16.1. The average molecular weight is 401 g/mol. The molecule has 3 aromatic carbocycles. The summed E-state index contributed by atoms with van der Waals surface area (Å²) in [7, 11) is 0. The SMILES string of the molecule is O=C(Cc1ccc2ccccc2c1)C1=Nc2cc3c(cc2C1)CN=C3c1ccncc1. The van der Waals surface area contributed by atoms with Gasteiger partial charge in [0.2, 0.25) is 0 Å². The molecule has 0 amide bonds. The van der Waals surface area contributed by atoms with Gasteiger partial charge in [-0.2, -0.15) is 0 Å². The molecule has 0 N–H and O–H groups in total. The topological polar surface area (TPSA) is 54.7 Å². The van der Waals surface area contributed by atoms with Gasteiger partial charge in [-0.25, -0.2) is 4.99 Å². The number of aromatic nitrogens is 1. The van der Waals surface area contributed by atoms with Gasteiger partial charge in [0.25, 0.3) is 0 Å². The Bertz CT molecular complexity index is 1420. The third kappa shape index (κ3) is 3.17. The summed E-state index contributed by atoms with van der Waals surface area (Å²) in [5.41, 5.74) is 8.03. The highest BCUT2D eigenvalue weighted by molar-refractivity contribution is 6.42. The van der Waals surface area contributed by atoms with E-state index in [2.05, 4.69) is 41.4 Å². The zero-order valence-corrected chi connectivity index (χ0v) is 16.9. The Morgan fingerprint density at radius 2 is 1.71 bits per heavy atom. The summed E-state index contributed by atoms with van der Waals surface area (Å²) in [6.45, 7) is 0.667. The van der Waals surface area contributed by atoms with Crippen molar-refractivity contribution in [2.75, 3.05) is 0 Å². The third-order valence-corrected chi connectivity index (χ3v) is 6.03. The molecule has 31 heavy (non-hydrogen) atoms. The summed E-state index contributed by atoms with van der Waals surface area (Å²) in [6, 6.07) is 22.6. The van der Waals surface area contributed by atoms with Crippen LogP contribution in [-0.4, -0.2) is 22.2 Å². The number of Topliss-reactive ketones (excluding diaryl/α,β-unsaturated/α-hetero) is 1. The molecule has 6 rings (SSSR count). The van der Waals surface area contributed by atoms with Gasteiger partial charge < -0.3 is 0 Å². The molecule has 0 saturated heterocycles. The Labute approximate surface area is 180 Å². The van der Waals surface area contributed by atoms with Crippen molar-refractivity contribution in [1.29, 1.82) is 0 Å². The normalized spacial score (nSPS) is 14.2. The predicted molar refractivity (Wildman–Crippen MR) is 123 cm³/mol. The van der Waals surface area contributed by atoms with Crippen LogP contribution >= 0.6 is 0 Å². The van der Waals surface area contributed by atoms with Gasteiger partial charge >= 0.3 is 0 Å². The molecule has 4 nitrogen and oxygen atoms in total. The second kappa shape index (κ2) is 7.10. The van der Waals surface area contributed by atoms with Gasteiger partial charge in [0, 0.05) is 36.4 Å². The van der Waals surface area contributed by atoms with Crippen molar-refractivity contribution in [2.24, 2.45) is 9.98 Å². The lowest BCUT2D eigenvalue weighted by Gasteiger charge is -2.06. The number of carbonyl (C=O) groups excluding carboxylic acids is 1. The molecular formula is C27H19N3O. The van der Waals surface area contributed by atoms with E-state index in [1.54, 1.807) is 12.4 Å². The van der Waals surface area contributed by atoms with E-state index in [-0.39, 0.29) is 5.78 Å². The Hall–Kier alpha value is -3.92. The molecule has 0 spiro atoms. The van der Waals surface area contributed by atoms with Crippen LogP contribution in [-0.2, 0) is 24.2 Å². The molecule has 0 saturated carbocycles. The lowest BCUT2D eigenvalue weighted by atomic mass is 9.96. The van der Waals surface area contributed by atoms with E-state index >= 15 is 0 Å². The lowest BCUT2D eigenvalue weighted by molar-refractivity contribution is -0.112. The maximum absolute atomic E-state index is 13.0. The minimum absolute atomic E-state index is 0.0923. The van der Waals surface area contributed by atoms with E-state index in [0.717, 1.165) is 39.0 Å². The molecule has 4 aromatic rings. The quantitative estimate of drug-likeness (QED) is 0.482. The molecule has 4 heteroatoms. The molecule has 0 bridgehead atoms. The summed E-state index contributed by atoms with van der Waals surface area (Å²) < 4.78 is 0. The number of fused-ring (bicyclic) bond motifs is 3. The van der Waals surface area contributed by atoms with Gasteiger partial charge in [-0.1, -0.05) is 48.5 Å². The second-order valence-electron chi connectivity index (χ2n) is 8.06. The van der Waals surface area contributed by atoms with E-state index in [1.165, 1.54) is 10.9 Å². The van der Waals surface area contributed by atoms with Crippen LogP contribution in [0.2, 0.25) is 0 Å². The summed E-state index contributed by atoms with van der Waals surface area (Å²) in [5.74, 6) is 0.0923.